The molecular weight excluding hydrogens is 186 g/mol. The summed E-state index contributed by atoms with van der Waals surface area (Å²) in [5.41, 5.74) is 3.20. The molecule has 1 unspecified atom stereocenters. The van der Waals surface area contributed by atoms with E-state index in [0.717, 1.165) is 24.0 Å². The summed E-state index contributed by atoms with van der Waals surface area (Å²) < 4.78 is 0. The van der Waals surface area contributed by atoms with Gasteiger partial charge in [-0.15, -0.1) is 0 Å². The lowest BCUT2D eigenvalue weighted by Gasteiger charge is -2.33. The second-order valence-corrected chi connectivity index (χ2v) is 4.26. The molecule has 0 radical (unpaired) electrons. The molecule has 0 amide bonds. The summed E-state index contributed by atoms with van der Waals surface area (Å²) in [4.78, 5) is 10.8. The van der Waals surface area contributed by atoms with Crippen LogP contribution in [0.5, 0.6) is 0 Å². The van der Waals surface area contributed by atoms with Gasteiger partial charge in [-0.25, -0.2) is 0 Å². The van der Waals surface area contributed by atoms with Gasteiger partial charge >= 0.3 is 0 Å². The first-order valence-electron chi connectivity index (χ1n) is 5.35. The van der Waals surface area contributed by atoms with E-state index in [0.29, 0.717) is 0 Å². The molecule has 0 spiro atoms. The number of carbonyl (C=O) groups is 1. The van der Waals surface area contributed by atoms with E-state index in [2.05, 4.69) is 25.2 Å². The van der Waals surface area contributed by atoms with Gasteiger partial charge in [-0.3, -0.25) is 4.79 Å². The maximum absolute atomic E-state index is 10.8. The van der Waals surface area contributed by atoms with Gasteiger partial charge in [0.15, 0.2) is 0 Å². The van der Waals surface area contributed by atoms with E-state index in [-0.39, 0.29) is 5.41 Å². The second-order valence-electron chi connectivity index (χ2n) is 4.26. The van der Waals surface area contributed by atoms with Gasteiger partial charge in [-0.1, -0.05) is 24.1 Å². The Balaban J connectivity index is 5.39. The molecule has 2 heteroatoms. The number of hydrogen-bond donors (Lipinski definition) is 1. The standard InChI is InChI=1S/C13H23NO/c1-7-11(3)13(5,9-14-6)12(4)10(2)8-15/h7-8,14H,9H2,1-6H3/b11-7+,12-10-. The van der Waals surface area contributed by atoms with Crippen LogP contribution in [0, 0.1) is 5.41 Å². The van der Waals surface area contributed by atoms with E-state index in [1.165, 1.54) is 5.57 Å². The Morgan fingerprint density at radius 2 is 1.87 bits per heavy atom. The number of carbonyl (C=O) groups excluding carboxylic acids is 1. The molecular formula is C13H23NO. The Bertz CT molecular complexity index is 289. The van der Waals surface area contributed by atoms with E-state index < -0.39 is 0 Å². The van der Waals surface area contributed by atoms with Crippen molar-refractivity contribution >= 4 is 6.29 Å². The van der Waals surface area contributed by atoms with E-state index in [4.69, 9.17) is 0 Å². The fourth-order valence-corrected chi connectivity index (χ4v) is 1.76. The molecule has 0 aliphatic rings. The third kappa shape index (κ3) is 3.03. The van der Waals surface area contributed by atoms with Crippen molar-refractivity contribution in [2.45, 2.75) is 34.6 Å². The third-order valence-corrected chi connectivity index (χ3v) is 3.43. The summed E-state index contributed by atoms with van der Waals surface area (Å²) in [6.45, 7) is 11.1. The van der Waals surface area contributed by atoms with Crippen LogP contribution in [0.2, 0.25) is 0 Å². The van der Waals surface area contributed by atoms with Gasteiger partial charge < -0.3 is 5.32 Å². The van der Waals surface area contributed by atoms with Gasteiger partial charge in [0, 0.05) is 12.0 Å². The summed E-state index contributed by atoms with van der Waals surface area (Å²) in [6.07, 6.45) is 3.05. The average molecular weight is 209 g/mol. The lowest BCUT2D eigenvalue weighted by molar-refractivity contribution is -0.105. The van der Waals surface area contributed by atoms with Crippen molar-refractivity contribution in [2.75, 3.05) is 13.6 Å². The second kappa shape index (κ2) is 5.86. The topological polar surface area (TPSA) is 29.1 Å². The van der Waals surface area contributed by atoms with E-state index in [1.54, 1.807) is 0 Å². The van der Waals surface area contributed by atoms with E-state index >= 15 is 0 Å². The minimum absolute atomic E-state index is 0.0610. The van der Waals surface area contributed by atoms with Crippen molar-refractivity contribution in [3.63, 3.8) is 0 Å². The zero-order valence-electron chi connectivity index (χ0n) is 10.8. The highest BCUT2D eigenvalue weighted by Crippen LogP contribution is 2.35. The molecule has 2 nitrogen and oxygen atoms in total. The van der Waals surface area contributed by atoms with Crippen LogP contribution < -0.4 is 5.32 Å². The lowest BCUT2D eigenvalue weighted by Crippen LogP contribution is -2.32. The molecule has 0 fully saturated rings. The van der Waals surface area contributed by atoms with Gasteiger partial charge in [0.05, 0.1) is 0 Å². The van der Waals surface area contributed by atoms with Crippen molar-refractivity contribution < 1.29 is 4.79 Å². The molecule has 86 valence electrons. The first-order valence-corrected chi connectivity index (χ1v) is 5.35. The predicted molar refractivity (Wildman–Crippen MR) is 65.9 cm³/mol. The molecule has 0 aromatic rings. The first-order chi connectivity index (χ1) is 6.93. The minimum atomic E-state index is -0.0610. The fraction of sp³-hybridized carbons (Fsp3) is 0.615. The summed E-state index contributed by atoms with van der Waals surface area (Å²) in [7, 11) is 1.94. The molecule has 0 saturated carbocycles. The van der Waals surface area contributed by atoms with Crippen LogP contribution in [-0.4, -0.2) is 19.9 Å². The highest BCUT2D eigenvalue weighted by molar-refractivity contribution is 5.74. The fourth-order valence-electron chi connectivity index (χ4n) is 1.76. The maximum atomic E-state index is 10.8. The zero-order chi connectivity index (χ0) is 12.1. The molecule has 0 saturated heterocycles. The van der Waals surface area contributed by atoms with Gasteiger partial charge in [-0.05, 0) is 40.3 Å². The number of hydrogen-bond acceptors (Lipinski definition) is 2. The Morgan fingerprint density at radius 3 is 2.20 bits per heavy atom. The number of allylic oxidation sites excluding steroid dienone is 2. The van der Waals surface area contributed by atoms with Crippen LogP contribution in [0.3, 0.4) is 0 Å². The van der Waals surface area contributed by atoms with E-state index in [9.17, 15) is 4.79 Å². The first kappa shape index (κ1) is 14.1. The molecule has 0 aliphatic carbocycles. The van der Waals surface area contributed by atoms with Gasteiger partial charge in [0.1, 0.15) is 6.29 Å². The van der Waals surface area contributed by atoms with Crippen molar-refractivity contribution in [1.29, 1.82) is 0 Å². The van der Waals surface area contributed by atoms with Gasteiger partial charge in [-0.2, -0.15) is 0 Å². The summed E-state index contributed by atoms with van der Waals surface area (Å²) in [5.74, 6) is 0. The molecule has 0 aromatic heterocycles. The van der Waals surface area contributed by atoms with Crippen molar-refractivity contribution in [3.05, 3.63) is 22.8 Å². The molecule has 0 aromatic carbocycles. The quantitative estimate of drug-likeness (QED) is 0.428. The van der Waals surface area contributed by atoms with Crippen LogP contribution in [0.4, 0.5) is 0 Å². The highest BCUT2D eigenvalue weighted by atomic mass is 16.1. The largest absolute Gasteiger partial charge is 0.319 e. The molecule has 15 heavy (non-hydrogen) atoms. The van der Waals surface area contributed by atoms with Crippen molar-refractivity contribution in [1.82, 2.24) is 5.32 Å². The Kier molecular flexibility index (Phi) is 5.51. The molecule has 0 rings (SSSR count). The maximum Gasteiger partial charge on any atom is 0.145 e. The third-order valence-electron chi connectivity index (χ3n) is 3.43. The van der Waals surface area contributed by atoms with Crippen LogP contribution in [0.25, 0.3) is 0 Å². The van der Waals surface area contributed by atoms with Crippen LogP contribution in [0.1, 0.15) is 34.6 Å². The van der Waals surface area contributed by atoms with Crippen LogP contribution in [0.15, 0.2) is 22.8 Å². The normalized spacial score (nSPS) is 18.1. The SMILES string of the molecule is C/C=C(\C)C(C)(CNC)/C(C)=C(/C)C=O. The zero-order valence-corrected chi connectivity index (χ0v) is 10.8. The Morgan fingerprint density at radius 1 is 1.33 bits per heavy atom. The van der Waals surface area contributed by atoms with Crippen LogP contribution in [-0.2, 0) is 4.79 Å². The summed E-state index contributed by atoms with van der Waals surface area (Å²) >= 11 is 0. The van der Waals surface area contributed by atoms with Crippen molar-refractivity contribution in [3.8, 4) is 0 Å². The lowest BCUT2D eigenvalue weighted by atomic mass is 9.74. The van der Waals surface area contributed by atoms with Crippen molar-refractivity contribution in [2.24, 2.45) is 5.41 Å². The predicted octanol–water partition coefficient (Wildman–Crippen LogP) is 2.71. The average Bonchev–Trinajstić information content (AvgIpc) is 2.25. The Labute approximate surface area is 93.5 Å². The number of rotatable bonds is 5. The Hall–Kier alpha value is -0.890. The summed E-state index contributed by atoms with van der Waals surface area (Å²) in [5, 5.41) is 3.19. The highest BCUT2D eigenvalue weighted by Gasteiger charge is 2.28. The van der Waals surface area contributed by atoms with Gasteiger partial charge in [0.2, 0.25) is 0 Å². The number of nitrogens with one attached hydrogen (secondary N) is 1. The van der Waals surface area contributed by atoms with Crippen LogP contribution >= 0.6 is 0 Å². The molecule has 1 N–H and O–H groups in total. The molecule has 0 heterocycles. The summed E-state index contributed by atoms with van der Waals surface area (Å²) in [6, 6.07) is 0. The molecule has 1 atom stereocenters. The van der Waals surface area contributed by atoms with E-state index in [1.807, 2.05) is 27.8 Å². The number of aldehydes is 1. The minimum Gasteiger partial charge on any atom is -0.319 e. The monoisotopic (exact) mass is 209 g/mol. The smallest absolute Gasteiger partial charge is 0.145 e. The molecule has 0 bridgehead atoms. The van der Waals surface area contributed by atoms with Gasteiger partial charge in [0.25, 0.3) is 0 Å². The molecule has 0 aliphatic heterocycles.